The minimum atomic E-state index is -0.752. The van der Waals surface area contributed by atoms with Gasteiger partial charge in [-0.15, -0.1) is 0 Å². The first-order valence-corrected chi connectivity index (χ1v) is 7.67. The standard InChI is InChI=1S/C16H26FN3O/c1-16(2,12-3-5-14(18)6-4-12)20-10-15(21)11-7-13(17)9-19-8-11/h7-9,12,14-15,20-21H,3-6,10,18H2,1-2H3/t12?,14?,15-/m0/s1. The molecular formula is C16H26FN3O. The quantitative estimate of drug-likeness (QED) is 0.778. The number of pyridine rings is 1. The largest absolute Gasteiger partial charge is 0.387 e. The maximum absolute atomic E-state index is 13.1. The van der Waals surface area contributed by atoms with E-state index in [9.17, 15) is 9.50 Å². The molecule has 0 spiro atoms. The molecule has 1 aromatic heterocycles. The van der Waals surface area contributed by atoms with Crippen LogP contribution in [-0.2, 0) is 0 Å². The Labute approximate surface area is 126 Å². The third-order valence-electron chi connectivity index (χ3n) is 4.65. The summed E-state index contributed by atoms with van der Waals surface area (Å²) in [6.07, 6.45) is 6.23. The highest BCUT2D eigenvalue weighted by molar-refractivity contribution is 5.13. The van der Waals surface area contributed by atoms with Gasteiger partial charge in [0.2, 0.25) is 0 Å². The molecule has 2 rings (SSSR count). The zero-order valence-electron chi connectivity index (χ0n) is 12.8. The first-order valence-electron chi connectivity index (χ1n) is 7.67. The smallest absolute Gasteiger partial charge is 0.141 e. The van der Waals surface area contributed by atoms with Crippen molar-refractivity contribution in [1.29, 1.82) is 0 Å². The van der Waals surface area contributed by atoms with Gasteiger partial charge in [0, 0.05) is 29.9 Å². The molecular weight excluding hydrogens is 269 g/mol. The molecule has 0 amide bonds. The number of hydrogen-bond donors (Lipinski definition) is 3. The Morgan fingerprint density at radius 3 is 2.67 bits per heavy atom. The van der Waals surface area contributed by atoms with Crippen molar-refractivity contribution < 1.29 is 9.50 Å². The number of aliphatic hydroxyl groups excluding tert-OH is 1. The zero-order valence-corrected chi connectivity index (χ0v) is 12.8. The summed E-state index contributed by atoms with van der Waals surface area (Å²) < 4.78 is 13.1. The monoisotopic (exact) mass is 295 g/mol. The predicted octanol–water partition coefficient (Wildman–Crippen LogP) is 2.14. The maximum Gasteiger partial charge on any atom is 0.141 e. The minimum Gasteiger partial charge on any atom is -0.387 e. The van der Waals surface area contributed by atoms with E-state index < -0.39 is 11.9 Å². The number of nitrogens with zero attached hydrogens (tertiary/aromatic N) is 1. The van der Waals surface area contributed by atoms with Crippen LogP contribution in [0.5, 0.6) is 0 Å². The van der Waals surface area contributed by atoms with Gasteiger partial charge in [-0.25, -0.2) is 4.39 Å². The van der Waals surface area contributed by atoms with Crippen LogP contribution in [0.3, 0.4) is 0 Å². The van der Waals surface area contributed by atoms with Crippen LogP contribution in [0.25, 0.3) is 0 Å². The van der Waals surface area contributed by atoms with Crippen LogP contribution in [-0.4, -0.2) is 28.2 Å². The molecule has 1 aliphatic carbocycles. The van der Waals surface area contributed by atoms with E-state index in [1.165, 1.54) is 12.3 Å². The first-order chi connectivity index (χ1) is 9.88. The van der Waals surface area contributed by atoms with Crippen molar-refractivity contribution >= 4 is 0 Å². The molecule has 118 valence electrons. The van der Waals surface area contributed by atoms with E-state index in [1.54, 1.807) is 0 Å². The second kappa shape index (κ2) is 6.81. The van der Waals surface area contributed by atoms with Gasteiger partial charge >= 0.3 is 0 Å². The summed E-state index contributed by atoms with van der Waals surface area (Å²) in [5.41, 5.74) is 6.39. The van der Waals surface area contributed by atoms with Gasteiger partial charge in [-0.1, -0.05) is 0 Å². The Hall–Kier alpha value is -1.04. The average Bonchev–Trinajstić information content (AvgIpc) is 2.45. The van der Waals surface area contributed by atoms with Crippen LogP contribution >= 0.6 is 0 Å². The van der Waals surface area contributed by atoms with Crippen LogP contribution < -0.4 is 11.1 Å². The third kappa shape index (κ3) is 4.46. The molecule has 4 N–H and O–H groups in total. The van der Waals surface area contributed by atoms with Crippen LogP contribution in [0.15, 0.2) is 18.5 Å². The molecule has 0 radical (unpaired) electrons. The second-order valence-electron chi connectivity index (χ2n) is 6.67. The number of aromatic nitrogens is 1. The normalized spacial score (nSPS) is 24.8. The molecule has 4 nitrogen and oxygen atoms in total. The molecule has 0 aliphatic heterocycles. The van der Waals surface area contributed by atoms with Gasteiger partial charge in [-0.2, -0.15) is 0 Å². The van der Waals surface area contributed by atoms with Gasteiger partial charge in [0.15, 0.2) is 0 Å². The van der Waals surface area contributed by atoms with Crippen molar-refractivity contribution in [3.8, 4) is 0 Å². The fraction of sp³-hybridized carbons (Fsp3) is 0.688. The lowest BCUT2D eigenvalue weighted by molar-refractivity contribution is 0.130. The van der Waals surface area contributed by atoms with Crippen molar-refractivity contribution in [2.45, 2.75) is 57.2 Å². The summed E-state index contributed by atoms with van der Waals surface area (Å²) in [7, 11) is 0. The van der Waals surface area contributed by atoms with Crippen molar-refractivity contribution in [3.63, 3.8) is 0 Å². The molecule has 1 fully saturated rings. The molecule has 0 bridgehead atoms. The molecule has 0 saturated heterocycles. The summed E-state index contributed by atoms with van der Waals surface area (Å²) >= 11 is 0. The molecule has 1 saturated carbocycles. The lowest BCUT2D eigenvalue weighted by Crippen LogP contribution is -2.49. The number of nitrogens with one attached hydrogen (secondary N) is 1. The SMILES string of the molecule is CC(C)(NC[C@H](O)c1cncc(F)c1)C1CCC(N)CC1. The predicted molar refractivity (Wildman–Crippen MR) is 81.2 cm³/mol. The maximum atomic E-state index is 13.1. The molecule has 1 atom stereocenters. The van der Waals surface area contributed by atoms with E-state index >= 15 is 0 Å². The number of β-amino-alcohol motifs (C(OH)–C–C–N with tert-alkyl or cyclic N) is 1. The van der Waals surface area contributed by atoms with E-state index in [4.69, 9.17) is 5.73 Å². The lowest BCUT2D eigenvalue weighted by Gasteiger charge is -2.40. The van der Waals surface area contributed by atoms with Crippen molar-refractivity contribution in [1.82, 2.24) is 10.3 Å². The number of nitrogens with two attached hydrogens (primary N) is 1. The lowest BCUT2D eigenvalue weighted by atomic mass is 9.75. The number of hydrogen-bond acceptors (Lipinski definition) is 4. The number of aliphatic hydroxyl groups is 1. The molecule has 1 aromatic rings. The van der Waals surface area contributed by atoms with Crippen molar-refractivity contribution in [2.24, 2.45) is 11.7 Å². The van der Waals surface area contributed by atoms with E-state index in [-0.39, 0.29) is 5.54 Å². The second-order valence-corrected chi connectivity index (χ2v) is 6.67. The molecule has 21 heavy (non-hydrogen) atoms. The van der Waals surface area contributed by atoms with Crippen LogP contribution in [0, 0.1) is 11.7 Å². The van der Waals surface area contributed by atoms with E-state index in [1.807, 2.05) is 0 Å². The Bertz CT molecular complexity index is 459. The Morgan fingerprint density at radius 2 is 2.05 bits per heavy atom. The summed E-state index contributed by atoms with van der Waals surface area (Å²) in [6.45, 7) is 4.71. The molecule has 1 heterocycles. The van der Waals surface area contributed by atoms with Gasteiger partial charge < -0.3 is 16.2 Å². The fourth-order valence-corrected chi connectivity index (χ4v) is 3.07. The van der Waals surface area contributed by atoms with Crippen molar-refractivity contribution in [2.75, 3.05) is 6.54 Å². The Balaban J connectivity index is 1.89. The molecule has 5 heteroatoms. The van der Waals surface area contributed by atoms with Gasteiger partial charge in [-0.05, 0) is 51.5 Å². The summed E-state index contributed by atoms with van der Waals surface area (Å²) in [5, 5.41) is 13.6. The number of halogens is 1. The molecule has 1 aliphatic rings. The zero-order chi connectivity index (χ0) is 15.5. The minimum absolute atomic E-state index is 0.0676. The topological polar surface area (TPSA) is 71.2 Å². The van der Waals surface area contributed by atoms with Crippen LogP contribution in [0.4, 0.5) is 4.39 Å². The summed E-state index contributed by atoms with van der Waals surface area (Å²) in [6, 6.07) is 1.66. The highest BCUT2D eigenvalue weighted by atomic mass is 19.1. The highest BCUT2D eigenvalue weighted by Gasteiger charge is 2.32. The van der Waals surface area contributed by atoms with Gasteiger partial charge in [0.1, 0.15) is 5.82 Å². The summed E-state index contributed by atoms with van der Waals surface area (Å²) in [4.78, 5) is 3.77. The average molecular weight is 295 g/mol. The van der Waals surface area contributed by atoms with Gasteiger partial charge in [-0.3, -0.25) is 4.98 Å². The molecule has 0 aromatic carbocycles. The first kappa shape index (κ1) is 16.3. The number of rotatable bonds is 5. The van der Waals surface area contributed by atoms with Crippen LogP contribution in [0.1, 0.15) is 51.2 Å². The van der Waals surface area contributed by atoms with Gasteiger partial charge in [0.25, 0.3) is 0 Å². The van der Waals surface area contributed by atoms with Gasteiger partial charge in [0.05, 0.1) is 12.3 Å². The Kier molecular flexibility index (Phi) is 5.30. The highest BCUT2D eigenvalue weighted by Crippen LogP contribution is 2.32. The summed E-state index contributed by atoms with van der Waals surface area (Å²) in [5.74, 6) is 0.127. The fourth-order valence-electron chi connectivity index (χ4n) is 3.07. The third-order valence-corrected chi connectivity index (χ3v) is 4.65. The van der Waals surface area contributed by atoms with E-state index in [0.29, 0.717) is 24.1 Å². The Morgan fingerprint density at radius 1 is 1.38 bits per heavy atom. The van der Waals surface area contributed by atoms with E-state index in [0.717, 1.165) is 31.9 Å². The molecule has 0 unspecified atom stereocenters. The van der Waals surface area contributed by atoms with Crippen molar-refractivity contribution in [3.05, 3.63) is 29.8 Å². The van der Waals surface area contributed by atoms with Crippen LogP contribution in [0.2, 0.25) is 0 Å². The van der Waals surface area contributed by atoms with E-state index in [2.05, 4.69) is 24.1 Å².